The van der Waals surface area contributed by atoms with Crippen LogP contribution in [0.3, 0.4) is 0 Å². The van der Waals surface area contributed by atoms with E-state index < -0.39 is 0 Å². The highest BCUT2D eigenvalue weighted by molar-refractivity contribution is 9.10. The topological polar surface area (TPSA) is 51.2 Å². The fraction of sp³-hybridized carbons (Fsp3) is 0.143. The molecule has 0 aliphatic rings. The number of aromatic nitrogens is 1. The van der Waals surface area contributed by atoms with E-state index in [0.29, 0.717) is 12.1 Å². The zero-order valence-electron chi connectivity index (χ0n) is 10.4. The second-order valence-corrected chi connectivity index (χ2v) is 4.78. The zero-order chi connectivity index (χ0) is 13.7. The van der Waals surface area contributed by atoms with Crippen molar-refractivity contribution in [2.75, 3.05) is 12.4 Å². The van der Waals surface area contributed by atoms with Crippen molar-refractivity contribution in [2.24, 2.45) is 0 Å². The second-order valence-electron chi connectivity index (χ2n) is 3.93. The van der Waals surface area contributed by atoms with Gasteiger partial charge in [-0.15, -0.1) is 0 Å². The summed E-state index contributed by atoms with van der Waals surface area (Å²) in [6.07, 6.45) is 3.59. The maximum absolute atomic E-state index is 11.9. The Kier molecular flexibility index (Phi) is 4.52. The number of anilines is 1. The minimum absolute atomic E-state index is 0.0722. The number of carbonyl (C=O) groups is 1. The molecule has 5 heteroatoms. The molecule has 0 spiro atoms. The Morgan fingerprint density at radius 1 is 1.32 bits per heavy atom. The first-order chi connectivity index (χ1) is 9.19. The molecule has 1 N–H and O–H groups in total. The van der Waals surface area contributed by atoms with Gasteiger partial charge in [0.25, 0.3) is 0 Å². The molecule has 0 aliphatic carbocycles. The summed E-state index contributed by atoms with van der Waals surface area (Å²) in [5, 5.41) is 2.83. The van der Waals surface area contributed by atoms with Crippen LogP contribution >= 0.6 is 15.9 Å². The van der Waals surface area contributed by atoms with Gasteiger partial charge >= 0.3 is 0 Å². The summed E-state index contributed by atoms with van der Waals surface area (Å²) in [4.78, 5) is 15.8. The molecule has 1 aromatic carbocycles. The normalized spacial score (nSPS) is 10.0. The first-order valence-electron chi connectivity index (χ1n) is 5.71. The lowest BCUT2D eigenvalue weighted by molar-refractivity contribution is -0.115. The average molecular weight is 321 g/mol. The molecular formula is C14H13BrN2O2. The number of carbonyl (C=O) groups excluding carboxylic acids is 1. The van der Waals surface area contributed by atoms with Crippen LogP contribution in [0.1, 0.15) is 5.56 Å². The van der Waals surface area contributed by atoms with E-state index in [9.17, 15) is 4.79 Å². The minimum Gasteiger partial charge on any atom is -0.497 e. The Bertz CT molecular complexity index is 570. The number of halogens is 1. The molecule has 0 saturated heterocycles. The highest BCUT2D eigenvalue weighted by Crippen LogP contribution is 2.20. The van der Waals surface area contributed by atoms with Crippen molar-refractivity contribution in [3.63, 3.8) is 0 Å². The Morgan fingerprint density at radius 2 is 2.05 bits per heavy atom. The molecule has 1 heterocycles. The van der Waals surface area contributed by atoms with Gasteiger partial charge in [-0.1, -0.05) is 12.1 Å². The highest BCUT2D eigenvalue weighted by atomic mass is 79.9. The van der Waals surface area contributed by atoms with Crippen molar-refractivity contribution in [3.8, 4) is 5.75 Å². The summed E-state index contributed by atoms with van der Waals surface area (Å²) >= 11 is 3.34. The van der Waals surface area contributed by atoms with E-state index >= 15 is 0 Å². The largest absolute Gasteiger partial charge is 0.497 e. The number of benzene rings is 1. The van der Waals surface area contributed by atoms with Crippen LogP contribution < -0.4 is 10.1 Å². The third kappa shape index (κ3) is 3.79. The molecule has 4 nitrogen and oxygen atoms in total. The molecule has 0 fully saturated rings. The lowest BCUT2D eigenvalue weighted by Gasteiger charge is -2.07. The number of rotatable bonds is 4. The first kappa shape index (κ1) is 13.5. The number of amides is 1. The van der Waals surface area contributed by atoms with Crippen molar-refractivity contribution in [2.45, 2.75) is 6.42 Å². The molecule has 0 bridgehead atoms. The Labute approximate surface area is 119 Å². The standard InChI is InChI=1S/C14H13BrN2O2/c1-19-11-4-2-10(3-5-11)8-14(18)17-13-6-7-16-9-12(13)15/h2-7,9H,8H2,1H3,(H,16,17,18). The Balaban J connectivity index is 1.99. The fourth-order valence-corrected chi connectivity index (χ4v) is 1.95. The molecule has 1 amide bonds. The highest BCUT2D eigenvalue weighted by Gasteiger charge is 2.06. The Hall–Kier alpha value is -1.88. The first-order valence-corrected chi connectivity index (χ1v) is 6.50. The molecule has 0 radical (unpaired) electrons. The Morgan fingerprint density at radius 3 is 2.68 bits per heavy atom. The zero-order valence-corrected chi connectivity index (χ0v) is 12.0. The number of pyridine rings is 1. The predicted molar refractivity (Wildman–Crippen MR) is 77.3 cm³/mol. The molecule has 0 atom stereocenters. The summed E-state index contributed by atoms with van der Waals surface area (Å²) < 4.78 is 5.83. The van der Waals surface area contributed by atoms with Gasteiger partial charge in [-0.25, -0.2) is 0 Å². The number of ether oxygens (including phenoxy) is 1. The molecule has 0 unspecified atom stereocenters. The predicted octanol–water partition coefficient (Wildman–Crippen LogP) is 3.03. The maximum atomic E-state index is 11.9. The summed E-state index contributed by atoms with van der Waals surface area (Å²) in [5.41, 5.74) is 1.65. The van der Waals surface area contributed by atoms with Gasteiger partial charge < -0.3 is 10.1 Å². The van der Waals surface area contributed by atoms with Crippen LogP contribution in [-0.4, -0.2) is 18.0 Å². The van der Waals surface area contributed by atoms with Crippen molar-refractivity contribution in [3.05, 3.63) is 52.8 Å². The SMILES string of the molecule is COc1ccc(CC(=O)Nc2ccncc2Br)cc1. The van der Waals surface area contributed by atoms with Crippen LogP contribution in [-0.2, 0) is 11.2 Å². The van der Waals surface area contributed by atoms with Gasteiger partial charge in [0.15, 0.2) is 0 Å². The van der Waals surface area contributed by atoms with Gasteiger partial charge in [0, 0.05) is 12.4 Å². The number of hydrogen-bond acceptors (Lipinski definition) is 3. The lowest BCUT2D eigenvalue weighted by Crippen LogP contribution is -2.14. The number of nitrogens with one attached hydrogen (secondary N) is 1. The van der Waals surface area contributed by atoms with Gasteiger partial charge in [-0.3, -0.25) is 9.78 Å². The van der Waals surface area contributed by atoms with E-state index in [2.05, 4.69) is 26.2 Å². The van der Waals surface area contributed by atoms with Crippen LogP contribution in [0, 0.1) is 0 Å². The van der Waals surface area contributed by atoms with Crippen LogP contribution in [0.5, 0.6) is 5.75 Å². The molecule has 2 rings (SSSR count). The van der Waals surface area contributed by atoms with E-state index in [1.54, 1.807) is 25.6 Å². The van der Waals surface area contributed by atoms with Gasteiger partial charge in [0.2, 0.25) is 5.91 Å². The second kappa shape index (κ2) is 6.33. The van der Waals surface area contributed by atoms with E-state index in [-0.39, 0.29) is 5.91 Å². The third-order valence-electron chi connectivity index (χ3n) is 2.57. The van der Waals surface area contributed by atoms with Crippen LogP contribution in [0.15, 0.2) is 47.2 Å². The molecular weight excluding hydrogens is 308 g/mol. The molecule has 0 aliphatic heterocycles. The average Bonchev–Trinajstić information content (AvgIpc) is 2.42. The van der Waals surface area contributed by atoms with Gasteiger partial charge in [0.05, 0.1) is 23.7 Å². The van der Waals surface area contributed by atoms with Crippen molar-refractivity contribution >= 4 is 27.5 Å². The van der Waals surface area contributed by atoms with Crippen LogP contribution in [0.4, 0.5) is 5.69 Å². The van der Waals surface area contributed by atoms with Gasteiger partial charge in [-0.05, 0) is 39.7 Å². The molecule has 2 aromatic rings. The van der Waals surface area contributed by atoms with Crippen LogP contribution in [0.2, 0.25) is 0 Å². The third-order valence-corrected chi connectivity index (χ3v) is 3.20. The summed E-state index contributed by atoms with van der Waals surface area (Å²) in [7, 11) is 1.61. The van der Waals surface area contributed by atoms with Gasteiger partial charge in [0.1, 0.15) is 5.75 Å². The summed E-state index contributed by atoms with van der Waals surface area (Å²) in [6, 6.07) is 9.17. The molecule has 19 heavy (non-hydrogen) atoms. The lowest BCUT2D eigenvalue weighted by atomic mass is 10.1. The van der Waals surface area contributed by atoms with E-state index in [4.69, 9.17) is 4.74 Å². The van der Waals surface area contributed by atoms with Crippen molar-refractivity contribution in [1.29, 1.82) is 0 Å². The fourth-order valence-electron chi connectivity index (χ4n) is 1.60. The summed E-state index contributed by atoms with van der Waals surface area (Å²) in [5.74, 6) is 0.707. The monoisotopic (exact) mass is 320 g/mol. The van der Waals surface area contributed by atoms with Crippen LogP contribution in [0.25, 0.3) is 0 Å². The maximum Gasteiger partial charge on any atom is 0.228 e. The number of nitrogens with zero attached hydrogens (tertiary/aromatic N) is 1. The van der Waals surface area contributed by atoms with Crippen molar-refractivity contribution in [1.82, 2.24) is 4.98 Å². The molecule has 1 aromatic heterocycles. The van der Waals surface area contributed by atoms with E-state index in [1.165, 1.54) is 0 Å². The quantitative estimate of drug-likeness (QED) is 0.942. The molecule has 98 valence electrons. The van der Waals surface area contributed by atoms with E-state index in [0.717, 1.165) is 15.8 Å². The smallest absolute Gasteiger partial charge is 0.228 e. The molecule has 0 saturated carbocycles. The number of hydrogen-bond donors (Lipinski definition) is 1. The summed E-state index contributed by atoms with van der Waals surface area (Å²) in [6.45, 7) is 0. The number of methoxy groups -OCH3 is 1. The van der Waals surface area contributed by atoms with Gasteiger partial charge in [-0.2, -0.15) is 0 Å². The van der Waals surface area contributed by atoms with E-state index in [1.807, 2.05) is 24.3 Å². The minimum atomic E-state index is -0.0722. The van der Waals surface area contributed by atoms with Crippen molar-refractivity contribution < 1.29 is 9.53 Å².